The highest BCUT2D eigenvalue weighted by Crippen LogP contribution is 2.31. The third-order valence-electron chi connectivity index (χ3n) is 3.74. The highest BCUT2D eigenvalue weighted by Gasteiger charge is 2.31. The first-order valence-electron chi connectivity index (χ1n) is 6.41. The maximum Gasteiger partial charge on any atom is 0.257 e. The number of carbonyl (C=O) groups excluding carboxylic acids is 1. The van der Waals surface area contributed by atoms with E-state index in [4.69, 9.17) is 4.74 Å². The van der Waals surface area contributed by atoms with Crippen molar-refractivity contribution in [1.82, 2.24) is 5.32 Å². The minimum absolute atomic E-state index is 0.00224. The number of hydrogen-bond acceptors (Lipinski definition) is 2. The molecule has 1 aliphatic heterocycles. The molecule has 1 amide bonds. The molecule has 1 unspecified atom stereocenters. The summed E-state index contributed by atoms with van der Waals surface area (Å²) in [6.45, 7) is 0. The molecular weight excluding hydrogens is 214 g/mol. The summed E-state index contributed by atoms with van der Waals surface area (Å²) < 4.78 is 5.91. The third kappa shape index (κ3) is 2.02. The average molecular weight is 231 g/mol. The Bertz CT molecular complexity index is 424. The minimum Gasteiger partial charge on any atom is -0.470 e. The zero-order valence-corrected chi connectivity index (χ0v) is 9.82. The lowest BCUT2D eigenvalue weighted by Gasteiger charge is -2.34. The van der Waals surface area contributed by atoms with Crippen molar-refractivity contribution in [2.45, 2.75) is 38.3 Å². The van der Waals surface area contributed by atoms with Gasteiger partial charge >= 0.3 is 0 Å². The lowest BCUT2D eigenvalue weighted by molar-refractivity contribution is 0.0498. The number of nitrogens with one attached hydrogen (secondary N) is 1. The van der Waals surface area contributed by atoms with E-state index in [2.05, 4.69) is 5.32 Å². The van der Waals surface area contributed by atoms with Crippen LogP contribution < -0.4 is 10.1 Å². The largest absolute Gasteiger partial charge is 0.470 e. The lowest BCUT2D eigenvalue weighted by Crippen LogP contribution is -2.48. The van der Waals surface area contributed by atoms with Crippen molar-refractivity contribution in [2.24, 2.45) is 5.92 Å². The van der Waals surface area contributed by atoms with Gasteiger partial charge in [-0.25, -0.2) is 0 Å². The zero-order chi connectivity index (χ0) is 11.7. The molecule has 0 aromatic heterocycles. The van der Waals surface area contributed by atoms with Crippen molar-refractivity contribution in [2.75, 3.05) is 0 Å². The Kier molecular flexibility index (Phi) is 2.75. The Hall–Kier alpha value is -1.51. The van der Waals surface area contributed by atoms with Crippen LogP contribution in [0.5, 0.6) is 5.75 Å². The van der Waals surface area contributed by atoms with Crippen LogP contribution >= 0.6 is 0 Å². The van der Waals surface area contributed by atoms with Crippen molar-refractivity contribution in [3.63, 3.8) is 0 Å². The number of rotatable bonds is 1. The second-order valence-corrected chi connectivity index (χ2v) is 4.91. The van der Waals surface area contributed by atoms with Crippen molar-refractivity contribution in [3.8, 4) is 5.75 Å². The van der Waals surface area contributed by atoms with Gasteiger partial charge in [0, 0.05) is 5.92 Å². The molecular formula is C14H17NO2. The molecule has 90 valence electrons. The summed E-state index contributed by atoms with van der Waals surface area (Å²) in [6, 6.07) is 7.46. The van der Waals surface area contributed by atoms with Gasteiger partial charge in [-0.3, -0.25) is 4.79 Å². The van der Waals surface area contributed by atoms with E-state index in [-0.39, 0.29) is 12.1 Å². The summed E-state index contributed by atoms with van der Waals surface area (Å²) in [5.41, 5.74) is 0.652. The topological polar surface area (TPSA) is 38.3 Å². The fourth-order valence-corrected chi connectivity index (χ4v) is 2.78. The molecule has 1 N–H and O–H groups in total. The Balaban J connectivity index is 1.80. The molecule has 3 nitrogen and oxygen atoms in total. The number of benzene rings is 1. The van der Waals surface area contributed by atoms with Gasteiger partial charge in [0.05, 0.1) is 5.56 Å². The molecule has 3 heteroatoms. The van der Waals surface area contributed by atoms with Crippen molar-refractivity contribution in [3.05, 3.63) is 29.8 Å². The second kappa shape index (κ2) is 4.40. The van der Waals surface area contributed by atoms with Crippen molar-refractivity contribution >= 4 is 5.91 Å². The van der Waals surface area contributed by atoms with Gasteiger partial charge in [0.25, 0.3) is 5.91 Å². The fraction of sp³-hybridized carbons (Fsp3) is 0.500. The van der Waals surface area contributed by atoms with Gasteiger partial charge in [0.15, 0.2) is 6.23 Å². The molecule has 1 heterocycles. The van der Waals surface area contributed by atoms with Crippen LogP contribution in [-0.4, -0.2) is 12.1 Å². The number of para-hydroxylation sites is 1. The molecule has 0 bridgehead atoms. The first-order valence-corrected chi connectivity index (χ1v) is 6.41. The SMILES string of the molecule is O=C1NC(C2CCCCC2)Oc2ccccc21. The molecule has 0 radical (unpaired) electrons. The van der Waals surface area contributed by atoms with E-state index >= 15 is 0 Å². The van der Waals surface area contributed by atoms with Crippen molar-refractivity contribution in [1.29, 1.82) is 0 Å². The molecule has 17 heavy (non-hydrogen) atoms. The Morgan fingerprint density at radius 2 is 1.88 bits per heavy atom. The fourth-order valence-electron chi connectivity index (χ4n) is 2.78. The number of hydrogen-bond donors (Lipinski definition) is 1. The average Bonchev–Trinajstić information content (AvgIpc) is 2.40. The zero-order valence-electron chi connectivity index (χ0n) is 9.82. The standard InChI is InChI=1S/C14H17NO2/c16-13-11-8-4-5-9-12(11)17-14(15-13)10-6-2-1-3-7-10/h4-5,8-10,14H,1-3,6-7H2,(H,15,16). The van der Waals surface area contributed by atoms with Crippen LogP contribution in [0.4, 0.5) is 0 Å². The smallest absolute Gasteiger partial charge is 0.257 e. The predicted molar refractivity (Wildman–Crippen MR) is 64.9 cm³/mol. The number of amides is 1. The molecule has 3 rings (SSSR count). The number of fused-ring (bicyclic) bond motifs is 1. The van der Waals surface area contributed by atoms with Crippen LogP contribution in [0.1, 0.15) is 42.5 Å². The molecule has 1 aliphatic carbocycles. The monoisotopic (exact) mass is 231 g/mol. The molecule has 0 saturated heterocycles. The number of ether oxygens (including phenoxy) is 1. The summed E-state index contributed by atoms with van der Waals surface area (Å²) in [4.78, 5) is 11.9. The van der Waals surface area contributed by atoms with E-state index in [1.54, 1.807) is 0 Å². The minimum atomic E-state index is -0.127. The quantitative estimate of drug-likeness (QED) is 0.807. The highest BCUT2D eigenvalue weighted by molar-refractivity contribution is 5.97. The molecule has 1 fully saturated rings. The Morgan fingerprint density at radius 3 is 2.71 bits per heavy atom. The molecule has 1 aromatic rings. The molecule has 1 saturated carbocycles. The summed E-state index contributed by atoms with van der Waals surface area (Å²) in [5, 5.41) is 2.98. The van der Waals surface area contributed by atoms with E-state index < -0.39 is 0 Å². The van der Waals surface area contributed by atoms with Crippen LogP contribution in [0.25, 0.3) is 0 Å². The van der Waals surface area contributed by atoms with Gasteiger partial charge in [-0.05, 0) is 25.0 Å². The predicted octanol–water partition coefficient (Wildman–Crippen LogP) is 2.72. The van der Waals surface area contributed by atoms with Crippen LogP contribution in [0, 0.1) is 5.92 Å². The molecule has 2 aliphatic rings. The van der Waals surface area contributed by atoms with E-state index in [1.807, 2.05) is 24.3 Å². The van der Waals surface area contributed by atoms with E-state index in [0.717, 1.165) is 18.6 Å². The van der Waals surface area contributed by atoms with Gasteiger partial charge in [0.2, 0.25) is 0 Å². The Morgan fingerprint density at radius 1 is 1.12 bits per heavy atom. The van der Waals surface area contributed by atoms with Gasteiger partial charge in [-0.2, -0.15) is 0 Å². The maximum atomic E-state index is 11.9. The summed E-state index contributed by atoms with van der Waals surface area (Å²) >= 11 is 0. The normalized spacial score (nSPS) is 24.7. The Labute approximate surface area is 101 Å². The first-order chi connectivity index (χ1) is 8.34. The van der Waals surface area contributed by atoms with Gasteiger partial charge in [0.1, 0.15) is 5.75 Å². The highest BCUT2D eigenvalue weighted by atomic mass is 16.5. The molecule has 1 aromatic carbocycles. The molecule has 1 atom stereocenters. The van der Waals surface area contributed by atoms with Gasteiger partial charge in [-0.15, -0.1) is 0 Å². The van der Waals surface area contributed by atoms with Crippen LogP contribution in [-0.2, 0) is 0 Å². The van der Waals surface area contributed by atoms with Gasteiger partial charge in [-0.1, -0.05) is 31.4 Å². The first kappa shape index (κ1) is 10.6. The third-order valence-corrected chi connectivity index (χ3v) is 3.74. The molecule has 0 spiro atoms. The van der Waals surface area contributed by atoms with Crippen LogP contribution in [0.3, 0.4) is 0 Å². The van der Waals surface area contributed by atoms with E-state index in [9.17, 15) is 4.79 Å². The summed E-state index contributed by atoms with van der Waals surface area (Å²) in [5.74, 6) is 1.20. The van der Waals surface area contributed by atoms with E-state index in [1.165, 1.54) is 19.3 Å². The maximum absolute atomic E-state index is 11.9. The second-order valence-electron chi connectivity index (χ2n) is 4.91. The summed E-state index contributed by atoms with van der Waals surface area (Å²) in [7, 11) is 0. The van der Waals surface area contributed by atoms with Crippen LogP contribution in [0.15, 0.2) is 24.3 Å². The number of carbonyl (C=O) groups is 1. The van der Waals surface area contributed by atoms with E-state index in [0.29, 0.717) is 11.5 Å². The van der Waals surface area contributed by atoms with Gasteiger partial charge < -0.3 is 10.1 Å². The van der Waals surface area contributed by atoms with Crippen LogP contribution in [0.2, 0.25) is 0 Å². The lowest BCUT2D eigenvalue weighted by atomic mass is 9.87. The van der Waals surface area contributed by atoms with Crippen molar-refractivity contribution < 1.29 is 9.53 Å². The summed E-state index contributed by atoms with van der Waals surface area (Å²) in [6.07, 6.45) is 6.01.